The molecule has 1 atom stereocenters. The average molecular weight is 384 g/mol. The van der Waals surface area contributed by atoms with E-state index in [-0.39, 0.29) is 0 Å². The first kappa shape index (κ1) is 19.9. The van der Waals surface area contributed by atoms with Gasteiger partial charge in [-0.2, -0.15) is 0 Å². The first-order valence-corrected chi connectivity index (χ1v) is 10.5. The van der Waals surface area contributed by atoms with Gasteiger partial charge in [-0.25, -0.2) is 4.98 Å². The summed E-state index contributed by atoms with van der Waals surface area (Å²) in [5.74, 6) is 1.45. The average Bonchev–Trinajstić information content (AvgIpc) is 3.04. The molecule has 0 saturated heterocycles. The number of aromatic nitrogens is 2. The number of benzene rings is 2. The van der Waals surface area contributed by atoms with Gasteiger partial charge in [0, 0.05) is 17.5 Å². The number of fused-ring (bicyclic) bond motifs is 1. The van der Waals surface area contributed by atoms with E-state index in [4.69, 9.17) is 16.6 Å². The van der Waals surface area contributed by atoms with Crippen LogP contribution in [-0.2, 0) is 6.54 Å². The summed E-state index contributed by atoms with van der Waals surface area (Å²) in [5.41, 5.74) is 3.50. The highest BCUT2D eigenvalue weighted by molar-refractivity contribution is 6.31. The third-order valence-corrected chi connectivity index (χ3v) is 5.65. The number of nitrogens with zero attached hydrogens (tertiary/aromatic N) is 3. The lowest BCUT2D eigenvalue weighted by molar-refractivity contribution is 0.293. The Labute approximate surface area is 168 Å². The van der Waals surface area contributed by atoms with Crippen molar-refractivity contribution in [3.05, 3.63) is 64.9 Å². The van der Waals surface area contributed by atoms with Gasteiger partial charge in [-0.05, 0) is 56.2 Å². The summed E-state index contributed by atoms with van der Waals surface area (Å²) in [6.45, 7) is 11.0. The maximum absolute atomic E-state index is 6.24. The van der Waals surface area contributed by atoms with Gasteiger partial charge < -0.3 is 9.47 Å². The minimum Gasteiger partial charge on any atom is -0.327 e. The highest BCUT2D eigenvalue weighted by Crippen LogP contribution is 2.31. The Hall–Kier alpha value is -1.84. The summed E-state index contributed by atoms with van der Waals surface area (Å²) in [5, 5.41) is 0.745. The molecule has 1 unspecified atom stereocenters. The maximum atomic E-state index is 6.24. The van der Waals surface area contributed by atoms with Crippen LogP contribution in [0.5, 0.6) is 0 Å². The van der Waals surface area contributed by atoms with Crippen molar-refractivity contribution in [2.24, 2.45) is 0 Å². The third kappa shape index (κ3) is 4.53. The lowest BCUT2D eigenvalue weighted by Crippen LogP contribution is -2.25. The van der Waals surface area contributed by atoms with E-state index in [0.717, 1.165) is 55.4 Å². The van der Waals surface area contributed by atoms with Crippen LogP contribution in [0, 0.1) is 0 Å². The van der Waals surface area contributed by atoms with Gasteiger partial charge in [0.2, 0.25) is 0 Å². The smallest absolute Gasteiger partial charge is 0.117 e. The van der Waals surface area contributed by atoms with Crippen molar-refractivity contribution in [2.75, 3.05) is 19.6 Å². The van der Waals surface area contributed by atoms with E-state index >= 15 is 0 Å². The van der Waals surface area contributed by atoms with Crippen LogP contribution in [-0.4, -0.2) is 34.1 Å². The van der Waals surface area contributed by atoms with Crippen LogP contribution in [0.15, 0.2) is 48.5 Å². The van der Waals surface area contributed by atoms with Crippen molar-refractivity contribution in [1.82, 2.24) is 14.5 Å². The lowest BCUT2D eigenvalue weighted by atomic mass is 9.95. The van der Waals surface area contributed by atoms with Gasteiger partial charge in [0.05, 0.1) is 11.0 Å². The Kier molecular flexibility index (Phi) is 6.92. The molecule has 3 aromatic rings. The molecule has 0 N–H and O–H groups in total. The van der Waals surface area contributed by atoms with E-state index < -0.39 is 0 Å². The second-order valence-electron chi connectivity index (χ2n) is 7.01. The fraction of sp³-hybridized carbons (Fsp3) is 0.435. The summed E-state index contributed by atoms with van der Waals surface area (Å²) >= 11 is 6.24. The van der Waals surface area contributed by atoms with Gasteiger partial charge in [0.25, 0.3) is 0 Å². The van der Waals surface area contributed by atoms with Crippen LogP contribution in [0.4, 0.5) is 0 Å². The molecular weight excluding hydrogens is 354 g/mol. The predicted molar refractivity (Wildman–Crippen MR) is 116 cm³/mol. The molecule has 0 spiro atoms. The van der Waals surface area contributed by atoms with Gasteiger partial charge >= 0.3 is 0 Å². The quantitative estimate of drug-likeness (QED) is 0.454. The Balaban J connectivity index is 1.97. The van der Waals surface area contributed by atoms with E-state index in [0.29, 0.717) is 5.92 Å². The molecule has 0 fully saturated rings. The molecule has 0 amide bonds. The summed E-state index contributed by atoms with van der Waals surface area (Å²) < 4.78 is 2.41. The molecule has 3 nitrogen and oxygen atoms in total. The Morgan fingerprint density at radius 2 is 1.78 bits per heavy atom. The fourth-order valence-corrected chi connectivity index (χ4v) is 4.03. The van der Waals surface area contributed by atoms with Crippen LogP contribution in [0.2, 0.25) is 5.02 Å². The molecule has 0 aliphatic rings. The molecule has 0 bridgehead atoms. The SMILES string of the molecule is CCC(c1ccccc1)c1nc2cc(Cl)ccc2n1CCCN(CC)CC. The molecule has 0 aliphatic carbocycles. The molecule has 0 saturated carbocycles. The van der Waals surface area contributed by atoms with Crippen molar-refractivity contribution >= 4 is 22.6 Å². The first-order valence-electron chi connectivity index (χ1n) is 10.1. The van der Waals surface area contributed by atoms with Crippen LogP contribution in [0.25, 0.3) is 11.0 Å². The summed E-state index contributed by atoms with van der Waals surface area (Å²) in [4.78, 5) is 7.50. The molecule has 0 radical (unpaired) electrons. The van der Waals surface area contributed by atoms with Crippen molar-refractivity contribution < 1.29 is 0 Å². The molecular formula is C23H30ClN3. The zero-order chi connectivity index (χ0) is 19.2. The minimum atomic E-state index is 0.297. The van der Waals surface area contributed by atoms with E-state index in [2.05, 4.69) is 66.6 Å². The maximum Gasteiger partial charge on any atom is 0.117 e. The first-order chi connectivity index (χ1) is 13.2. The van der Waals surface area contributed by atoms with E-state index in [9.17, 15) is 0 Å². The van der Waals surface area contributed by atoms with E-state index in [1.54, 1.807) is 0 Å². The largest absolute Gasteiger partial charge is 0.327 e. The van der Waals surface area contributed by atoms with Crippen LogP contribution < -0.4 is 0 Å². The molecule has 1 heterocycles. The standard InChI is InChI=1S/C23H30ClN3/c1-4-20(18-11-8-7-9-12-18)23-25-21-17-19(24)13-14-22(21)27(23)16-10-15-26(5-2)6-3/h7-9,11-14,17,20H,4-6,10,15-16H2,1-3H3. The number of halogens is 1. The highest BCUT2D eigenvalue weighted by Gasteiger charge is 2.20. The summed E-state index contributed by atoms with van der Waals surface area (Å²) in [6.07, 6.45) is 2.14. The number of aryl methyl sites for hydroxylation is 1. The zero-order valence-corrected chi connectivity index (χ0v) is 17.4. The summed E-state index contributed by atoms with van der Waals surface area (Å²) in [7, 11) is 0. The minimum absolute atomic E-state index is 0.297. The number of rotatable bonds is 9. The molecule has 2 aromatic carbocycles. The van der Waals surface area contributed by atoms with Gasteiger partial charge in [-0.1, -0.05) is 62.7 Å². The van der Waals surface area contributed by atoms with Gasteiger partial charge in [-0.15, -0.1) is 0 Å². The van der Waals surface area contributed by atoms with E-state index in [1.807, 2.05) is 12.1 Å². The second kappa shape index (κ2) is 9.38. The molecule has 1 aromatic heterocycles. The Morgan fingerprint density at radius 1 is 1.04 bits per heavy atom. The Bertz CT molecular complexity index is 853. The number of hydrogen-bond acceptors (Lipinski definition) is 2. The second-order valence-corrected chi connectivity index (χ2v) is 7.44. The van der Waals surface area contributed by atoms with Crippen molar-refractivity contribution in [1.29, 1.82) is 0 Å². The topological polar surface area (TPSA) is 21.1 Å². The molecule has 27 heavy (non-hydrogen) atoms. The molecule has 0 aliphatic heterocycles. The summed E-state index contributed by atoms with van der Waals surface area (Å²) in [6, 6.07) is 16.8. The number of imidazole rings is 1. The van der Waals surface area contributed by atoms with Gasteiger partial charge in [0.15, 0.2) is 0 Å². The molecule has 3 rings (SSSR count). The third-order valence-electron chi connectivity index (χ3n) is 5.41. The Morgan fingerprint density at radius 3 is 2.44 bits per heavy atom. The molecule has 144 valence electrons. The van der Waals surface area contributed by atoms with Crippen molar-refractivity contribution in [2.45, 2.75) is 46.1 Å². The normalized spacial score (nSPS) is 12.8. The van der Waals surface area contributed by atoms with Gasteiger partial charge in [0.1, 0.15) is 5.82 Å². The fourth-order valence-electron chi connectivity index (χ4n) is 3.87. The number of hydrogen-bond donors (Lipinski definition) is 0. The van der Waals surface area contributed by atoms with Gasteiger partial charge in [-0.3, -0.25) is 0 Å². The van der Waals surface area contributed by atoms with Crippen LogP contribution in [0.1, 0.15) is 50.9 Å². The predicted octanol–water partition coefficient (Wildman–Crippen LogP) is 5.96. The lowest BCUT2D eigenvalue weighted by Gasteiger charge is -2.20. The van der Waals surface area contributed by atoms with Crippen molar-refractivity contribution in [3.63, 3.8) is 0 Å². The van der Waals surface area contributed by atoms with Crippen molar-refractivity contribution in [3.8, 4) is 0 Å². The monoisotopic (exact) mass is 383 g/mol. The zero-order valence-electron chi connectivity index (χ0n) is 16.7. The highest BCUT2D eigenvalue weighted by atomic mass is 35.5. The molecule has 4 heteroatoms. The van der Waals surface area contributed by atoms with Crippen LogP contribution in [0.3, 0.4) is 0 Å². The van der Waals surface area contributed by atoms with E-state index in [1.165, 1.54) is 11.1 Å². The van der Waals surface area contributed by atoms with Crippen LogP contribution >= 0.6 is 11.6 Å².